The molecule has 0 atom stereocenters. The molecule has 2 nitrogen and oxygen atoms in total. The van der Waals surface area contributed by atoms with Gasteiger partial charge in [0.15, 0.2) is 0 Å². The Morgan fingerprint density at radius 2 is 0.600 bits per heavy atom. The third-order valence-corrected chi connectivity index (χ3v) is 6.91. The molecule has 0 unspecified atom stereocenters. The van der Waals surface area contributed by atoms with Crippen LogP contribution >= 0.6 is 0 Å². The smallest absolute Gasteiger partial charge is 0.0783 e. The summed E-state index contributed by atoms with van der Waals surface area (Å²) in [5.41, 5.74) is 0. The first-order valence-electron chi connectivity index (χ1n) is 14.3. The molecule has 0 N–H and O–H groups in total. The van der Waals surface area contributed by atoms with Crippen molar-refractivity contribution in [1.29, 1.82) is 0 Å². The van der Waals surface area contributed by atoms with Crippen molar-refractivity contribution in [2.75, 3.05) is 19.6 Å². The molecule has 0 aromatic rings. The van der Waals surface area contributed by atoms with Crippen molar-refractivity contribution >= 4 is 0 Å². The molecule has 0 aliphatic heterocycles. The lowest BCUT2D eigenvalue weighted by Gasteiger charge is -2.42. The van der Waals surface area contributed by atoms with Gasteiger partial charge < -0.3 is 9.85 Å². The lowest BCUT2D eigenvalue weighted by Crippen LogP contribution is -2.43. The van der Waals surface area contributed by atoms with E-state index in [1.54, 1.807) is 0 Å². The van der Waals surface area contributed by atoms with Crippen LogP contribution < -0.4 is 0 Å². The van der Waals surface area contributed by atoms with Crippen LogP contribution in [0.2, 0.25) is 0 Å². The fourth-order valence-electron chi connectivity index (χ4n) is 4.56. The number of hydroxylamine groups is 3. The summed E-state index contributed by atoms with van der Waals surface area (Å²) in [4.78, 5) is 0. The second-order valence-corrected chi connectivity index (χ2v) is 9.89. The zero-order valence-corrected chi connectivity index (χ0v) is 21.5. The van der Waals surface area contributed by atoms with Crippen LogP contribution in [-0.4, -0.2) is 24.3 Å². The molecule has 0 fully saturated rings. The molecule has 0 heterocycles. The maximum absolute atomic E-state index is 12.9. The van der Waals surface area contributed by atoms with E-state index in [0.29, 0.717) is 0 Å². The molecule has 30 heavy (non-hydrogen) atoms. The fourth-order valence-corrected chi connectivity index (χ4v) is 4.56. The van der Waals surface area contributed by atoms with Crippen LogP contribution in [0.25, 0.3) is 0 Å². The van der Waals surface area contributed by atoms with Crippen LogP contribution in [-0.2, 0) is 0 Å². The number of rotatable bonds is 25. The summed E-state index contributed by atoms with van der Waals surface area (Å²) in [7, 11) is 0. The average Bonchev–Trinajstić information content (AvgIpc) is 2.76. The molecule has 0 aromatic heterocycles. The minimum Gasteiger partial charge on any atom is -0.633 e. The quantitative estimate of drug-likeness (QED) is 0.0810. The van der Waals surface area contributed by atoms with Gasteiger partial charge in [0.25, 0.3) is 0 Å². The lowest BCUT2D eigenvalue weighted by molar-refractivity contribution is -0.879. The number of quaternary nitrogens is 1. The molecule has 0 spiro atoms. The van der Waals surface area contributed by atoms with Crippen LogP contribution in [0.1, 0.15) is 162 Å². The molecule has 0 aromatic carbocycles. The van der Waals surface area contributed by atoms with Gasteiger partial charge in [-0.15, -0.1) is 0 Å². The van der Waals surface area contributed by atoms with Crippen LogP contribution in [0.4, 0.5) is 0 Å². The Kier molecular flexibility index (Phi) is 23.5. The third-order valence-electron chi connectivity index (χ3n) is 6.91. The fraction of sp³-hybridized carbons (Fsp3) is 1.00. The summed E-state index contributed by atoms with van der Waals surface area (Å²) in [5.74, 6) is 0. The highest BCUT2D eigenvalue weighted by Crippen LogP contribution is 2.16. The largest absolute Gasteiger partial charge is 0.633 e. The minimum atomic E-state index is 0.0643. The second kappa shape index (κ2) is 23.6. The van der Waals surface area contributed by atoms with Crippen molar-refractivity contribution in [3.8, 4) is 0 Å². The molecule has 0 aliphatic rings. The monoisotopic (exact) mass is 425 g/mol. The molecule has 0 saturated heterocycles. The van der Waals surface area contributed by atoms with E-state index in [9.17, 15) is 5.21 Å². The Morgan fingerprint density at radius 3 is 0.833 bits per heavy atom. The zero-order valence-electron chi connectivity index (χ0n) is 21.5. The number of hydrogen-bond donors (Lipinski definition) is 0. The third kappa shape index (κ3) is 21.2. The average molecular weight is 426 g/mol. The summed E-state index contributed by atoms with van der Waals surface area (Å²) in [5, 5.41) is 12.9. The highest BCUT2D eigenvalue weighted by Gasteiger charge is 2.13. The van der Waals surface area contributed by atoms with Crippen molar-refractivity contribution in [3.05, 3.63) is 5.21 Å². The summed E-state index contributed by atoms with van der Waals surface area (Å²) < 4.78 is 0.0643. The van der Waals surface area contributed by atoms with Crippen molar-refractivity contribution in [2.24, 2.45) is 0 Å². The van der Waals surface area contributed by atoms with E-state index in [2.05, 4.69) is 20.8 Å². The Balaban J connectivity index is 3.45. The predicted octanol–water partition coefficient (Wildman–Crippen LogP) is 9.94. The predicted molar refractivity (Wildman–Crippen MR) is 137 cm³/mol. The van der Waals surface area contributed by atoms with E-state index in [0.717, 1.165) is 32.5 Å². The molecule has 0 amide bonds. The Hall–Kier alpha value is -0.0800. The van der Waals surface area contributed by atoms with Crippen LogP contribution in [0.3, 0.4) is 0 Å². The SMILES string of the molecule is CCCCCCCCCCCCC[N+]([O-])(CC)CCCCCCCCCCCCC. The van der Waals surface area contributed by atoms with Crippen molar-refractivity contribution in [3.63, 3.8) is 0 Å². The Morgan fingerprint density at radius 1 is 0.367 bits per heavy atom. The number of unbranched alkanes of at least 4 members (excludes halogenated alkanes) is 20. The topological polar surface area (TPSA) is 23.1 Å². The minimum absolute atomic E-state index is 0.0643. The molecule has 0 aliphatic carbocycles. The molecule has 0 saturated carbocycles. The summed E-state index contributed by atoms with van der Waals surface area (Å²) >= 11 is 0. The standard InChI is InChI=1S/C28H59NO/c1-4-7-9-11-13-15-17-19-21-23-25-27-29(30,6-3)28-26-24-22-20-18-16-14-12-10-8-5-2/h4-28H2,1-3H3. The maximum Gasteiger partial charge on any atom is 0.0783 e. The summed E-state index contributed by atoms with van der Waals surface area (Å²) in [6.45, 7) is 9.12. The van der Waals surface area contributed by atoms with E-state index in [4.69, 9.17) is 0 Å². The van der Waals surface area contributed by atoms with Gasteiger partial charge in [0, 0.05) is 0 Å². The van der Waals surface area contributed by atoms with Gasteiger partial charge in [0.1, 0.15) is 0 Å². The number of nitrogens with zero attached hydrogens (tertiary/aromatic N) is 1. The zero-order chi connectivity index (χ0) is 22.2. The van der Waals surface area contributed by atoms with Gasteiger partial charge in [-0.2, -0.15) is 0 Å². The molecule has 0 radical (unpaired) electrons. The van der Waals surface area contributed by atoms with Crippen LogP contribution in [0.15, 0.2) is 0 Å². The highest BCUT2D eigenvalue weighted by molar-refractivity contribution is 4.52. The number of hydrogen-bond acceptors (Lipinski definition) is 1. The van der Waals surface area contributed by atoms with Gasteiger partial charge in [0.05, 0.1) is 19.6 Å². The van der Waals surface area contributed by atoms with E-state index < -0.39 is 0 Å². The first-order chi connectivity index (χ1) is 14.7. The molecule has 2 heteroatoms. The normalized spacial score (nSPS) is 12.0. The van der Waals surface area contributed by atoms with E-state index in [1.807, 2.05) is 0 Å². The maximum atomic E-state index is 12.9. The lowest BCUT2D eigenvalue weighted by atomic mass is 10.1. The molecule has 0 rings (SSSR count). The molecule has 0 bridgehead atoms. The van der Waals surface area contributed by atoms with E-state index >= 15 is 0 Å². The van der Waals surface area contributed by atoms with Gasteiger partial charge in [-0.25, -0.2) is 0 Å². The molecular formula is C28H59NO. The Bertz CT molecular complexity index is 292. The van der Waals surface area contributed by atoms with Crippen molar-refractivity contribution in [2.45, 2.75) is 162 Å². The molecular weight excluding hydrogens is 366 g/mol. The molecule has 182 valence electrons. The Labute approximate surface area is 191 Å². The summed E-state index contributed by atoms with van der Waals surface area (Å²) in [6.07, 6.45) is 29.9. The van der Waals surface area contributed by atoms with E-state index in [1.165, 1.54) is 128 Å². The van der Waals surface area contributed by atoms with Crippen LogP contribution in [0.5, 0.6) is 0 Å². The van der Waals surface area contributed by atoms with Gasteiger partial charge in [0.2, 0.25) is 0 Å². The van der Waals surface area contributed by atoms with Crippen molar-refractivity contribution < 1.29 is 4.65 Å². The highest BCUT2D eigenvalue weighted by atomic mass is 16.5. The second-order valence-electron chi connectivity index (χ2n) is 9.89. The first-order valence-corrected chi connectivity index (χ1v) is 14.3. The van der Waals surface area contributed by atoms with Gasteiger partial charge in [-0.05, 0) is 32.6 Å². The van der Waals surface area contributed by atoms with Gasteiger partial charge in [-0.3, -0.25) is 0 Å². The van der Waals surface area contributed by atoms with Gasteiger partial charge >= 0.3 is 0 Å². The van der Waals surface area contributed by atoms with E-state index in [-0.39, 0.29) is 4.65 Å². The van der Waals surface area contributed by atoms with Crippen LogP contribution in [0, 0.1) is 5.21 Å². The first kappa shape index (κ1) is 29.9. The summed E-state index contributed by atoms with van der Waals surface area (Å²) in [6, 6.07) is 0. The van der Waals surface area contributed by atoms with Gasteiger partial charge in [-0.1, -0.05) is 129 Å². The van der Waals surface area contributed by atoms with Crippen molar-refractivity contribution in [1.82, 2.24) is 0 Å².